The van der Waals surface area contributed by atoms with Crippen LogP contribution in [0.3, 0.4) is 0 Å². The molecule has 3 nitrogen and oxygen atoms in total. The number of aromatic nitrogens is 2. The summed E-state index contributed by atoms with van der Waals surface area (Å²) in [5, 5.41) is 9.36. The maximum Gasteiger partial charge on any atom is 0.125 e. The van der Waals surface area contributed by atoms with Crippen LogP contribution >= 0.6 is 0 Å². The van der Waals surface area contributed by atoms with Crippen molar-refractivity contribution in [3.05, 3.63) is 59.7 Å². The first-order chi connectivity index (χ1) is 10.2. The third-order valence-corrected chi connectivity index (χ3v) is 3.94. The molecule has 1 heterocycles. The van der Waals surface area contributed by atoms with Gasteiger partial charge in [0.2, 0.25) is 0 Å². The lowest BCUT2D eigenvalue weighted by Crippen LogP contribution is -2.02. The highest BCUT2D eigenvalue weighted by Crippen LogP contribution is 2.39. The van der Waals surface area contributed by atoms with E-state index in [1.165, 1.54) is 6.07 Å². The van der Waals surface area contributed by atoms with Crippen LogP contribution in [-0.4, -0.2) is 14.7 Å². The Balaban J connectivity index is 1.80. The van der Waals surface area contributed by atoms with Crippen molar-refractivity contribution >= 4 is 11.0 Å². The van der Waals surface area contributed by atoms with Crippen molar-refractivity contribution in [3.63, 3.8) is 0 Å². The number of rotatable bonds is 3. The lowest BCUT2D eigenvalue weighted by Gasteiger charge is -2.08. The summed E-state index contributed by atoms with van der Waals surface area (Å²) in [6.45, 7) is 0. The summed E-state index contributed by atoms with van der Waals surface area (Å²) >= 11 is 0. The predicted molar refractivity (Wildman–Crippen MR) is 78.9 cm³/mol. The number of phenolic OH excluding ortho intramolecular Hbond substituents is 1. The van der Waals surface area contributed by atoms with E-state index in [0.29, 0.717) is 12.5 Å². The van der Waals surface area contributed by atoms with Gasteiger partial charge in [0.1, 0.15) is 17.4 Å². The molecule has 1 fully saturated rings. The van der Waals surface area contributed by atoms with E-state index in [1.54, 1.807) is 24.3 Å². The maximum absolute atomic E-state index is 13.5. The molecule has 0 bridgehead atoms. The maximum atomic E-state index is 13.5. The van der Waals surface area contributed by atoms with Gasteiger partial charge in [0.15, 0.2) is 0 Å². The van der Waals surface area contributed by atoms with Gasteiger partial charge < -0.3 is 9.67 Å². The van der Waals surface area contributed by atoms with Crippen LogP contribution in [0.25, 0.3) is 11.0 Å². The molecule has 21 heavy (non-hydrogen) atoms. The summed E-state index contributed by atoms with van der Waals surface area (Å²) in [7, 11) is 0. The summed E-state index contributed by atoms with van der Waals surface area (Å²) in [5.74, 6) is 1.00. The topological polar surface area (TPSA) is 38.1 Å². The molecular formula is C17H15FN2O. The smallest absolute Gasteiger partial charge is 0.125 e. The van der Waals surface area contributed by atoms with Crippen LogP contribution in [0.2, 0.25) is 0 Å². The summed E-state index contributed by atoms with van der Waals surface area (Å²) in [6.07, 6.45) is 2.95. The summed E-state index contributed by atoms with van der Waals surface area (Å²) in [5.41, 5.74) is 2.81. The number of imidazole rings is 1. The Morgan fingerprint density at radius 3 is 2.62 bits per heavy atom. The molecule has 1 aliphatic rings. The van der Waals surface area contributed by atoms with Crippen molar-refractivity contribution in [2.45, 2.75) is 25.3 Å². The molecular weight excluding hydrogens is 267 g/mol. The van der Waals surface area contributed by atoms with Gasteiger partial charge in [-0.05, 0) is 48.7 Å². The van der Waals surface area contributed by atoms with Crippen molar-refractivity contribution in [1.82, 2.24) is 9.55 Å². The van der Waals surface area contributed by atoms with Crippen LogP contribution in [0.1, 0.15) is 30.3 Å². The molecule has 1 aromatic heterocycles. The van der Waals surface area contributed by atoms with Gasteiger partial charge in [-0.3, -0.25) is 0 Å². The molecule has 1 saturated carbocycles. The van der Waals surface area contributed by atoms with E-state index < -0.39 is 0 Å². The van der Waals surface area contributed by atoms with E-state index in [4.69, 9.17) is 0 Å². The summed E-state index contributed by atoms with van der Waals surface area (Å²) in [6, 6.07) is 12.4. The summed E-state index contributed by atoms with van der Waals surface area (Å²) < 4.78 is 15.7. The molecule has 4 heteroatoms. The molecule has 106 valence electrons. The number of aromatic hydroxyl groups is 1. The zero-order valence-electron chi connectivity index (χ0n) is 11.5. The number of hydrogen-bond acceptors (Lipinski definition) is 2. The highest BCUT2D eigenvalue weighted by atomic mass is 19.1. The standard InChI is InChI=1S/C17H15FN2O/c18-12-3-8-15-16(10-12)20(13-4-5-13)17(19-15)9-11-1-6-14(21)7-2-11/h1-3,6-8,10,13,21H,4-5,9H2. The molecule has 1 N–H and O–H groups in total. The fourth-order valence-corrected chi connectivity index (χ4v) is 2.78. The van der Waals surface area contributed by atoms with E-state index in [0.717, 1.165) is 35.3 Å². The van der Waals surface area contributed by atoms with Crippen molar-refractivity contribution in [1.29, 1.82) is 0 Å². The molecule has 0 spiro atoms. The largest absolute Gasteiger partial charge is 0.508 e. The number of nitrogens with zero attached hydrogens (tertiary/aromatic N) is 2. The van der Waals surface area contributed by atoms with Crippen LogP contribution < -0.4 is 0 Å². The fraction of sp³-hybridized carbons (Fsp3) is 0.235. The quantitative estimate of drug-likeness (QED) is 0.793. The zero-order chi connectivity index (χ0) is 14.4. The Bertz CT molecular complexity index is 804. The number of benzene rings is 2. The second-order valence-corrected chi connectivity index (χ2v) is 5.61. The van der Waals surface area contributed by atoms with Gasteiger partial charge in [0.25, 0.3) is 0 Å². The average molecular weight is 282 g/mol. The number of halogens is 1. The summed E-state index contributed by atoms with van der Waals surface area (Å²) in [4.78, 5) is 4.67. The van der Waals surface area contributed by atoms with E-state index in [-0.39, 0.29) is 11.6 Å². The monoisotopic (exact) mass is 282 g/mol. The number of phenols is 1. The van der Waals surface area contributed by atoms with E-state index in [2.05, 4.69) is 9.55 Å². The number of fused-ring (bicyclic) bond motifs is 1. The van der Waals surface area contributed by atoms with Gasteiger partial charge in [0, 0.05) is 12.5 Å². The minimum Gasteiger partial charge on any atom is -0.508 e. The zero-order valence-corrected chi connectivity index (χ0v) is 11.5. The minimum absolute atomic E-state index is 0.222. The second-order valence-electron chi connectivity index (χ2n) is 5.61. The fourth-order valence-electron chi connectivity index (χ4n) is 2.78. The van der Waals surface area contributed by atoms with Gasteiger partial charge in [0.05, 0.1) is 11.0 Å². The average Bonchev–Trinajstić information content (AvgIpc) is 3.24. The van der Waals surface area contributed by atoms with E-state index in [1.807, 2.05) is 12.1 Å². The minimum atomic E-state index is -0.222. The van der Waals surface area contributed by atoms with Crippen LogP contribution in [-0.2, 0) is 6.42 Å². The van der Waals surface area contributed by atoms with E-state index >= 15 is 0 Å². The van der Waals surface area contributed by atoms with Crippen molar-refractivity contribution < 1.29 is 9.50 Å². The molecule has 0 atom stereocenters. The highest BCUT2D eigenvalue weighted by Gasteiger charge is 2.28. The molecule has 0 aliphatic heterocycles. The Morgan fingerprint density at radius 2 is 1.90 bits per heavy atom. The first-order valence-corrected chi connectivity index (χ1v) is 7.15. The molecule has 0 unspecified atom stereocenters. The van der Waals surface area contributed by atoms with Gasteiger partial charge in [-0.15, -0.1) is 0 Å². The van der Waals surface area contributed by atoms with Gasteiger partial charge in [-0.25, -0.2) is 9.37 Å². The Morgan fingerprint density at radius 1 is 1.14 bits per heavy atom. The van der Waals surface area contributed by atoms with Crippen LogP contribution in [0.15, 0.2) is 42.5 Å². The Labute approximate surface area is 121 Å². The lowest BCUT2D eigenvalue weighted by molar-refractivity contribution is 0.475. The molecule has 2 aromatic carbocycles. The molecule has 3 aromatic rings. The lowest BCUT2D eigenvalue weighted by atomic mass is 10.1. The molecule has 0 saturated heterocycles. The molecule has 4 rings (SSSR count). The SMILES string of the molecule is Oc1ccc(Cc2nc3ccc(F)cc3n2C2CC2)cc1. The molecule has 0 radical (unpaired) electrons. The Hall–Kier alpha value is -2.36. The first kappa shape index (κ1) is 12.4. The predicted octanol–water partition coefficient (Wildman–Crippen LogP) is 3.81. The normalized spacial score (nSPS) is 14.7. The molecule has 1 aliphatic carbocycles. The van der Waals surface area contributed by atoms with Crippen LogP contribution in [0.4, 0.5) is 4.39 Å². The second kappa shape index (κ2) is 4.58. The van der Waals surface area contributed by atoms with E-state index in [9.17, 15) is 9.50 Å². The molecule has 0 amide bonds. The third kappa shape index (κ3) is 2.27. The van der Waals surface area contributed by atoms with Gasteiger partial charge >= 0.3 is 0 Å². The van der Waals surface area contributed by atoms with Gasteiger partial charge in [-0.2, -0.15) is 0 Å². The van der Waals surface area contributed by atoms with Crippen molar-refractivity contribution in [3.8, 4) is 5.75 Å². The van der Waals surface area contributed by atoms with Crippen LogP contribution in [0, 0.1) is 5.82 Å². The van der Waals surface area contributed by atoms with Crippen molar-refractivity contribution in [2.75, 3.05) is 0 Å². The van der Waals surface area contributed by atoms with Gasteiger partial charge in [-0.1, -0.05) is 12.1 Å². The third-order valence-electron chi connectivity index (χ3n) is 3.94. The first-order valence-electron chi connectivity index (χ1n) is 7.15. The Kier molecular flexibility index (Phi) is 2.70. The van der Waals surface area contributed by atoms with Crippen molar-refractivity contribution in [2.24, 2.45) is 0 Å². The van der Waals surface area contributed by atoms with Crippen LogP contribution in [0.5, 0.6) is 5.75 Å². The highest BCUT2D eigenvalue weighted by molar-refractivity contribution is 5.76. The number of hydrogen-bond donors (Lipinski definition) is 1.